The molecule has 1 saturated heterocycles. The Hall–Kier alpha value is -3.82. The van der Waals surface area contributed by atoms with E-state index in [0.29, 0.717) is 22.6 Å². The first-order chi connectivity index (χ1) is 17.6. The number of benzene rings is 3. The number of amides is 1. The summed E-state index contributed by atoms with van der Waals surface area (Å²) < 4.78 is 16.5. The van der Waals surface area contributed by atoms with E-state index in [1.165, 1.54) is 11.0 Å². The maximum Gasteiger partial charge on any atom is 0.251 e. The van der Waals surface area contributed by atoms with Gasteiger partial charge < -0.3 is 20.1 Å². The first kappa shape index (κ1) is 22.6. The maximum atomic E-state index is 14.1. The van der Waals surface area contributed by atoms with Crippen LogP contribution in [0.15, 0.2) is 66.7 Å². The van der Waals surface area contributed by atoms with Crippen LogP contribution < -0.4 is 15.1 Å². The molecule has 5 aromatic rings. The molecule has 1 fully saturated rings. The Morgan fingerprint density at radius 2 is 1.86 bits per heavy atom. The van der Waals surface area contributed by atoms with E-state index in [0.717, 1.165) is 60.3 Å². The lowest BCUT2D eigenvalue weighted by molar-refractivity contribution is -0.899. The number of aromatic nitrogens is 3. The number of aromatic amines is 1. The summed E-state index contributed by atoms with van der Waals surface area (Å²) in [5.41, 5.74) is 4.64. The molecule has 1 aliphatic heterocycles. The SMILES string of the molecule is O=C(NCC[NH+]1CCN(c2ccccc2F)CC1)c1ccc2c(c1)[nH]c(=S)n1c3ccccc3nc21. The Kier molecular flexibility index (Phi) is 5.86. The number of H-pyrrole nitrogens is 1. The minimum absolute atomic E-state index is 0.117. The van der Waals surface area contributed by atoms with Gasteiger partial charge in [-0.15, -0.1) is 0 Å². The zero-order chi connectivity index (χ0) is 24.6. The van der Waals surface area contributed by atoms with Gasteiger partial charge in [-0.05, 0) is 54.7 Å². The van der Waals surface area contributed by atoms with Gasteiger partial charge in [0.1, 0.15) is 11.5 Å². The molecule has 0 aliphatic carbocycles. The molecule has 0 atom stereocenters. The molecule has 3 aromatic carbocycles. The van der Waals surface area contributed by atoms with Crippen molar-refractivity contribution in [2.45, 2.75) is 0 Å². The molecule has 0 saturated carbocycles. The summed E-state index contributed by atoms with van der Waals surface area (Å²) in [5.74, 6) is -0.292. The van der Waals surface area contributed by atoms with Crippen molar-refractivity contribution in [3.8, 4) is 0 Å². The van der Waals surface area contributed by atoms with E-state index in [1.807, 2.05) is 59.0 Å². The minimum Gasteiger partial charge on any atom is -0.358 e. The van der Waals surface area contributed by atoms with Gasteiger partial charge in [0, 0.05) is 10.9 Å². The third-order valence-corrected chi connectivity index (χ3v) is 7.24. The van der Waals surface area contributed by atoms with Crippen molar-refractivity contribution in [2.75, 3.05) is 44.2 Å². The summed E-state index contributed by atoms with van der Waals surface area (Å²) in [4.78, 5) is 24.4. The number of nitrogens with one attached hydrogen (secondary N) is 3. The molecule has 36 heavy (non-hydrogen) atoms. The highest BCUT2D eigenvalue weighted by molar-refractivity contribution is 7.71. The molecule has 3 heterocycles. The molecule has 182 valence electrons. The average molecular weight is 502 g/mol. The second-order valence-electron chi connectivity index (χ2n) is 9.14. The van der Waals surface area contributed by atoms with Crippen molar-refractivity contribution in [2.24, 2.45) is 0 Å². The number of imidazole rings is 1. The van der Waals surface area contributed by atoms with Gasteiger partial charge in [0.2, 0.25) is 0 Å². The standard InChI is InChI=1S/C27H25FN6OS/c28-20-5-1-3-7-23(20)33-15-13-32(14-16-33)12-11-29-26(35)18-9-10-19-22(17-18)31-27(36)34-24-8-4-2-6-21(24)30-25(19)34/h1-10,17H,11-16H2,(H,29,35)(H,31,36)/p+1. The van der Waals surface area contributed by atoms with Crippen molar-refractivity contribution < 1.29 is 14.1 Å². The van der Waals surface area contributed by atoms with Crippen LogP contribution in [-0.2, 0) is 0 Å². The van der Waals surface area contributed by atoms with Gasteiger partial charge in [0.25, 0.3) is 5.91 Å². The maximum absolute atomic E-state index is 14.1. The molecular formula is C27H26FN6OS+. The molecule has 0 spiro atoms. The van der Waals surface area contributed by atoms with Crippen LogP contribution in [0.5, 0.6) is 0 Å². The zero-order valence-electron chi connectivity index (χ0n) is 19.6. The summed E-state index contributed by atoms with van der Waals surface area (Å²) >= 11 is 5.60. The Balaban J connectivity index is 1.11. The Labute approximate surface area is 212 Å². The molecular weight excluding hydrogens is 475 g/mol. The van der Waals surface area contributed by atoms with Crippen LogP contribution in [0.25, 0.3) is 27.6 Å². The quantitative estimate of drug-likeness (QED) is 0.324. The van der Waals surface area contributed by atoms with Crippen LogP contribution in [-0.4, -0.2) is 59.5 Å². The summed E-state index contributed by atoms with van der Waals surface area (Å²) in [6.07, 6.45) is 0. The zero-order valence-corrected chi connectivity index (χ0v) is 20.4. The normalized spacial score (nSPS) is 14.6. The smallest absolute Gasteiger partial charge is 0.251 e. The molecule has 0 radical (unpaired) electrons. The topological polar surface area (TPSA) is 69.9 Å². The highest BCUT2D eigenvalue weighted by atomic mass is 32.1. The fourth-order valence-electron chi connectivity index (χ4n) is 5.04. The number of hydrogen-bond acceptors (Lipinski definition) is 4. The Morgan fingerprint density at radius 1 is 1.08 bits per heavy atom. The molecule has 7 nitrogen and oxygen atoms in total. The predicted molar refractivity (Wildman–Crippen MR) is 142 cm³/mol. The number of anilines is 1. The van der Waals surface area contributed by atoms with Gasteiger partial charge in [-0.3, -0.25) is 9.20 Å². The summed E-state index contributed by atoms with van der Waals surface area (Å²) in [7, 11) is 0. The number of halogens is 1. The number of carbonyl (C=O) groups excluding carboxylic acids is 1. The van der Waals surface area contributed by atoms with E-state index in [-0.39, 0.29) is 11.7 Å². The third kappa shape index (κ3) is 4.10. The van der Waals surface area contributed by atoms with E-state index in [2.05, 4.69) is 15.2 Å². The number of carbonyl (C=O) groups is 1. The van der Waals surface area contributed by atoms with E-state index >= 15 is 0 Å². The van der Waals surface area contributed by atoms with Crippen LogP contribution in [0, 0.1) is 10.6 Å². The first-order valence-electron chi connectivity index (χ1n) is 12.1. The summed E-state index contributed by atoms with van der Waals surface area (Å²) in [6, 6.07) is 20.4. The number of hydrogen-bond donors (Lipinski definition) is 3. The van der Waals surface area contributed by atoms with Gasteiger partial charge in [-0.2, -0.15) is 0 Å². The van der Waals surface area contributed by atoms with Crippen LogP contribution in [0.3, 0.4) is 0 Å². The number of piperazine rings is 1. The van der Waals surface area contributed by atoms with Crippen LogP contribution >= 0.6 is 12.2 Å². The van der Waals surface area contributed by atoms with Crippen molar-refractivity contribution in [3.63, 3.8) is 0 Å². The lowest BCUT2D eigenvalue weighted by Crippen LogP contribution is -3.15. The third-order valence-electron chi connectivity index (χ3n) is 6.96. The van der Waals surface area contributed by atoms with Gasteiger partial charge in [0.15, 0.2) is 4.77 Å². The fraction of sp³-hybridized carbons (Fsp3) is 0.222. The van der Waals surface area contributed by atoms with Gasteiger partial charge in [-0.1, -0.05) is 24.3 Å². The molecule has 1 amide bonds. The fourth-order valence-corrected chi connectivity index (χ4v) is 5.34. The van der Waals surface area contributed by atoms with Crippen LogP contribution in [0.2, 0.25) is 0 Å². The molecule has 2 aromatic heterocycles. The average Bonchev–Trinajstić information content (AvgIpc) is 3.30. The second-order valence-corrected chi connectivity index (χ2v) is 9.53. The monoisotopic (exact) mass is 501 g/mol. The molecule has 0 unspecified atom stereocenters. The van der Waals surface area contributed by atoms with E-state index in [9.17, 15) is 9.18 Å². The lowest BCUT2D eigenvalue weighted by atomic mass is 10.1. The number of nitrogens with zero attached hydrogens (tertiary/aromatic N) is 3. The van der Waals surface area contributed by atoms with E-state index in [4.69, 9.17) is 17.2 Å². The van der Waals surface area contributed by atoms with Crippen molar-refractivity contribution in [1.29, 1.82) is 0 Å². The summed E-state index contributed by atoms with van der Waals surface area (Å²) in [6.45, 7) is 4.81. The number of fused-ring (bicyclic) bond motifs is 5. The number of quaternary nitrogens is 1. The Morgan fingerprint density at radius 3 is 2.69 bits per heavy atom. The van der Waals surface area contributed by atoms with Gasteiger partial charge in [0.05, 0.1) is 61.5 Å². The molecule has 3 N–H and O–H groups in total. The van der Waals surface area contributed by atoms with Crippen LogP contribution in [0.1, 0.15) is 10.4 Å². The number of para-hydroxylation sites is 3. The highest BCUT2D eigenvalue weighted by Gasteiger charge is 2.22. The largest absolute Gasteiger partial charge is 0.358 e. The second kappa shape index (κ2) is 9.33. The lowest BCUT2D eigenvalue weighted by Gasteiger charge is -2.33. The number of rotatable bonds is 5. The molecule has 0 bridgehead atoms. The molecule has 6 rings (SSSR count). The molecule has 1 aliphatic rings. The van der Waals surface area contributed by atoms with E-state index in [1.54, 1.807) is 6.07 Å². The van der Waals surface area contributed by atoms with Crippen molar-refractivity contribution in [3.05, 3.63) is 82.9 Å². The van der Waals surface area contributed by atoms with Gasteiger partial charge in [-0.25, -0.2) is 9.37 Å². The first-order valence-corrected chi connectivity index (χ1v) is 12.5. The van der Waals surface area contributed by atoms with E-state index < -0.39 is 0 Å². The highest BCUT2D eigenvalue weighted by Crippen LogP contribution is 2.24. The van der Waals surface area contributed by atoms with Crippen LogP contribution in [0.4, 0.5) is 10.1 Å². The van der Waals surface area contributed by atoms with Crippen molar-refractivity contribution in [1.82, 2.24) is 19.7 Å². The molecule has 9 heteroatoms. The van der Waals surface area contributed by atoms with Crippen molar-refractivity contribution >= 4 is 51.4 Å². The predicted octanol–water partition coefficient (Wildman–Crippen LogP) is 2.97. The van der Waals surface area contributed by atoms with Gasteiger partial charge >= 0.3 is 0 Å². The summed E-state index contributed by atoms with van der Waals surface area (Å²) in [5, 5.41) is 3.95. The Bertz CT molecular complexity index is 1650. The minimum atomic E-state index is -0.175.